The van der Waals surface area contributed by atoms with Gasteiger partial charge < -0.3 is 9.47 Å². The van der Waals surface area contributed by atoms with Crippen LogP contribution in [0.2, 0.25) is 0 Å². The van der Waals surface area contributed by atoms with E-state index in [4.69, 9.17) is 4.98 Å². The minimum absolute atomic E-state index is 0.787. The van der Waals surface area contributed by atoms with E-state index in [1.165, 1.54) is 5.56 Å². The minimum atomic E-state index is 0.787. The van der Waals surface area contributed by atoms with Gasteiger partial charge in [-0.1, -0.05) is 30.3 Å². The van der Waals surface area contributed by atoms with Gasteiger partial charge in [-0.3, -0.25) is 0 Å². The Morgan fingerprint density at radius 2 is 1.86 bits per heavy atom. The Balaban J connectivity index is 1.68. The van der Waals surface area contributed by atoms with Crippen molar-refractivity contribution in [2.24, 2.45) is 7.05 Å². The summed E-state index contributed by atoms with van der Waals surface area (Å²) in [4.78, 5) is 11.7. The van der Waals surface area contributed by atoms with Gasteiger partial charge in [-0.15, -0.1) is 0 Å². The van der Waals surface area contributed by atoms with Crippen LogP contribution in [0.15, 0.2) is 67.1 Å². The maximum Gasteiger partial charge on any atom is 0.160 e. The lowest BCUT2D eigenvalue weighted by Gasteiger charge is -2.21. The van der Waals surface area contributed by atoms with Gasteiger partial charge in [0.05, 0.1) is 11.9 Å². The van der Waals surface area contributed by atoms with Gasteiger partial charge in [0.2, 0.25) is 0 Å². The molecule has 0 atom stereocenters. The molecule has 0 fully saturated rings. The SMILES string of the molecule is Cc1cnn2c(N(C)Cc3ccccc3)cc(-c3cn(C)c4ncccc34)nc12. The topological polar surface area (TPSA) is 51.2 Å². The molecular weight excluding hydrogens is 360 g/mol. The van der Waals surface area contributed by atoms with Crippen molar-refractivity contribution in [3.8, 4) is 11.3 Å². The van der Waals surface area contributed by atoms with E-state index in [0.29, 0.717) is 0 Å². The lowest BCUT2D eigenvalue weighted by molar-refractivity contribution is 0.833. The number of hydrogen-bond donors (Lipinski definition) is 0. The number of benzene rings is 1. The quantitative estimate of drug-likeness (QED) is 0.467. The first-order valence-electron chi connectivity index (χ1n) is 9.62. The third kappa shape index (κ3) is 2.93. The van der Waals surface area contributed by atoms with Crippen molar-refractivity contribution < 1.29 is 0 Å². The molecule has 0 radical (unpaired) electrons. The summed E-state index contributed by atoms with van der Waals surface area (Å²) in [6.07, 6.45) is 5.79. The van der Waals surface area contributed by atoms with Crippen molar-refractivity contribution in [1.29, 1.82) is 0 Å². The molecule has 5 aromatic rings. The van der Waals surface area contributed by atoms with E-state index in [-0.39, 0.29) is 0 Å². The Morgan fingerprint density at radius 1 is 1.03 bits per heavy atom. The zero-order chi connectivity index (χ0) is 20.0. The maximum absolute atomic E-state index is 4.95. The van der Waals surface area contributed by atoms with Crippen molar-refractivity contribution in [3.05, 3.63) is 78.2 Å². The van der Waals surface area contributed by atoms with E-state index in [0.717, 1.165) is 45.9 Å². The molecule has 4 heterocycles. The standard InChI is InChI=1S/C23H22N6/c1-16-13-25-29-21(27(2)14-17-8-5-4-6-9-17)12-20(26-22(16)29)19-15-28(3)23-18(19)10-7-11-24-23/h4-13,15H,14H2,1-3H3. The number of fused-ring (bicyclic) bond motifs is 2. The highest BCUT2D eigenvalue weighted by Crippen LogP contribution is 2.31. The normalized spacial score (nSPS) is 11.4. The summed E-state index contributed by atoms with van der Waals surface area (Å²) in [6, 6.07) is 16.6. The molecule has 0 unspecified atom stereocenters. The molecule has 0 saturated carbocycles. The van der Waals surface area contributed by atoms with Gasteiger partial charge >= 0.3 is 0 Å². The van der Waals surface area contributed by atoms with Crippen LogP contribution in [0.4, 0.5) is 5.82 Å². The summed E-state index contributed by atoms with van der Waals surface area (Å²) >= 11 is 0. The fraction of sp³-hybridized carbons (Fsp3) is 0.174. The summed E-state index contributed by atoms with van der Waals surface area (Å²) in [5, 5.41) is 5.68. The predicted octanol–water partition coefficient (Wildman–Crippen LogP) is 4.23. The van der Waals surface area contributed by atoms with Gasteiger partial charge in [0.25, 0.3) is 0 Å². The lowest BCUT2D eigenvalue weighted by atomic mass is 10.1. The van der Waals surface area contributed by atoms with E-state index < -0.39 is 0 Å². The van der Waals surface area contributed by atoms with Crippen molar-refractivity contribution in [2.75, 3.05) is 11.9 Å². The highest BCUT2D eigenvalue weighted by molar-refractivity contribution is 5.93. The van der Waals surface area contributed by atoms with Gasteiger partial charge in [-0.25, -0.2) is 9.97 Å². The second-order valence-corrected chi connectivity index (χ2v) is 7.43. The molecule has 0 aliphatic carbocycles. The average molecular weight is 382 g/mol. The van der Waals surface area contributed by atoms with E-state index in [1.807, 2.05) is 47.6 Å². The smallest absolute Gasteiger partial charge is 0.160 e. The fourth-order valence-electron chi connectivity index (χ4n) is 3.82. The molecule has 0 spiro atoms. The second kappa shape index (κ2) is 6.74. The molecule has 0 aliphatic rings. The Bertz CT molecular complexity index is 1320. The van der Waals surface area contributed by atoms with Gasteiger partial charge in [0, 0.05) is 55.6 Å². The molecule has 0 saturated heterocycles. The van der Waals surface area contributed by atoms with E-state index in [1.54, 1.807) is 0 Å². The van der Waals surface area contributed by atoms with Crippen molar-refractivity contribution in [1.82, 2.24) is 24.1 Å². The third-order valence-electron chi connectivity index (χ3n) is 5.29. The molecule has 0 bridgehead atoms. The summed E-state index contributed by atoms with van der Waals surface area (Å²) in [7, 11) is 4.11. The van der Waals surface area contributed by atoms with Gasteiger partial charge in [-0.05, 0) is 24.6 Å². The number of aryl methyl sites for hydroxylation is 2. The van der Waals surface area contributed by atoms with Crippen LogP contribution in [0, 0.1) is 6.92 Å². The Hall–Kier alpha value is -3.67. The van der Waals surface area contributed by atoms with Crippen LogP contribution in [0.25, 0.3) is 27.9 Å². The number of nitrogens with zero attached hydrogens (tertiary/aromatic N) is 6. The highest BCUT2D eigenvalue weighted by Gasteiger charge is 2.17. The molecule has 4 aromatic heterocycles. The monoisotopic (exact) mass is 382 g/mol. The number of pyridine rings is 1. The lowest BCUT2D eigenvalue weighted by Crippen LogP contribution is -2.20. The molecule has 0 aliphatic heterocycles. The first-order chi connectivity index (χ1) is 14.1. The molecule has 29 heavy (non-hydrogen) atoms. The second-order valence-electron chi connectivity index (χ2n) is 7.43. The van der Waals surface area contributed by atoms with Crippen molar-refractivity contribution in [2.45, 2.75) is 13.5 Å². The van der Waals surface area contributed by atoms with Crippen LogP contribution in [-0.4, -0.2) is 31.2 Å². The van der Waals surface area contributed by atoms with Crippen molar-refractivity contribution >= 4 is 22.5 Å². The number of hydrogen-bond acceptors (Lipinski definition) is 4. The zero-order valence-corrected chi connectivity index (χ0v) is 16.7. The van der Waals surface area contributed by atoms with Crippen molar-refractivity contribution in [3.63, 3.8) is 0 Å². The molecule has 144 valence electrons. The molecule has 1 aromatic carbocycles. The average Bonchev–Trinajstić information content (AvgIpc) is 3.29. The molecule has 6 nitrogen and oxygen atoms in total. The molecule has 6 heteroatoms. The van der Waals surface area contributed by atoms with E-state index in [9.17, 15) is 0 Å². The third-order valence-corrected chi connectivity index (χ3v) is 5.29. The zero-order valence-electron chi connectivity index (χ0n) is 16.7. The van der Waals surface area contributed by atoms with Gasteiger partial charge in [0.1, 0.15) is 11.5 Å². The molecule has 0 N–H and O–H groups in total. The molecule has 0 amide bonds. The number of rotatable bonds is 4. The van der Waals surface area contributed by atoms with Crippen LogP contribution < -0.4 is 4.90 Å². The Kier molecular flexibility index (Phi) is 4.05. The van der Waals surface area contributed by atoms with Gasteiger partial charge in [-0.2, -0.15) is 9.61 Å². The molecule has 5 rings (SSSR count). The fourth-order valence-corrected chi connectivity index (χ4v) is 3.82. The van der Waals surface area contributed by atoms with Crippen LogP contribution in [0.5, 0.6) is 0 Å². The van der Waals surface area contributed by atoms with Crippen LogP contribution >= 0.6 is 0 Å². The van der Waals surface area contributed by atoms with E-state index >= 15 is 0 Å². The number of aromatic nitrogens is 5. The maximum atomic E-state index is 4.95. The summed E-state index contributed by atoms with van der Waals surface area (Å²) in [5.74, 6) is 1.00. The highest BCUT2D eigenvalue weighted by atomic mass is 15.3. The molecular formula is C23H22N6. The largest absolute Gasteiger partial charge is 0.355 e. The van der Waals surface area contributed by atoms with E-state index in [2.05, 4.69) is 64.6 Å². The Morgan fingerprint density at radius 3 is 2.69 bits per heavy atom. The number of anilines is 1. The summed E-state index contributed by atoms with van der Waals surface area (Å²) < 4.78 is 3.97. The summed E-state index contributed by atoms with van der Waals surface area (Å²) in [5.41, 5.74) is 6.13. The van der Waals surface area contributed by atoms with Crippen LogP contribution in [0.3, 0.4) is 0 Å². The predicted molar refractivity (Wildman–Crippen MR) is 116 cm³/mol. The van der Waals surface area contributed by atoms with Crippen LogP contribution in [-0.2, 0) is 13.6 Å². The summed E-state index contributed by atoms with van der Waals surface area (Å²) in [6.45, 7) is 2.83. The minimum Gasteiger partial charge on any atom is -0.355 e. The Labute approximate surface area is 169 Å². The first kappa shape index (κ1) is 17.4. The van der Waals surface area contributed by atoms with Crippen LogP contribution in [0.1, 0.15) is 11.1 Å². The first-order valence-corrected chi connectivity index (χ1v) is 9.62. The van der Waals surface area contributed by atoms with Gasteiger partial charge in [0.15, 0.2) is 5.65 Å².